The molecule has 2 N–H and O–H groups in total. The van der Waals surface area contributed by atoms with Crippen molar-refractivity contribution in [1.82, 2.24) is 15.1 Å². The highest BCUT2D eigenvalue weighted by molar-refractivity contribution is 5.84. The minimum Gasteiger partial charge on any atom is -0.377 e. The van der Waals surface area contributed by atoms with Gasteiger partial charge in [-0.15, -0.1) is 0 Å². The zero-order valence-electron chi connectivity index (χ0n) is 22.6. The lowest BCUT2D eigenvalue weighted by Gasteiger charge is -2.47. The first-order valence-electron chi connectivity index (χ1n) is 13.3. The van der Waals surface area contributed by atoms with Crippen molar-refractivity contribution in [2.24, 2.45) is 11.3 Å². The van der Waals surface area contributed by atoms with Crippen molar-refractivity contribution >= 4 is 5.91 Å². The van der Waals surface area contributed by atoms with E-state index in [0.29, 0.717) is 0 Å². The molecule has 1 aliphatic heterocycles. The van der Waals surface area contributed by atoms with Crippen LogP contribution in [0.15, 0.2) is 35.7 Å². The lowest BCUT2D eigenvalue weighted by Crippen LogP contribution is -2.53. The van der Waals surface area contributed by atoms with E-state index >= 15 is 0 Å². The van der Waals surface area contributed by atoms with Crippen LogP contribution in [0.25, 0.3) is 0 Å². The van der Waals surface area contributed by atoms with E-state index in [1.807, 2.05) is 6.92 Å². The fourth-order valence-corrected chi connectivity index (χ4v) is 5.54. The second kappa shape index (κ2) is 10.4. The van der Waals surface area contributed by atoms with Crippen LogP contribution in [0.2, 0.25) is 0 Å². The summed E-state index contributed by atoms with van der Waals surface area (Å²) in [6.07, 6.45) is 5.36. The van der Waals surface area contributed by atoms with Crippen molar-refractivity contribution < 1.29 is 23.1 Å². The Hall–Kier alpha value is -1.96. The number of allylic oxidation sites excluding steroid dienone is 4. The Kier molecular flexibility index (Phi) is 8.28. The van der Waals surface area contributed by atoms with Crippen molar-refractivity contribution in [3.63, 3.8) is 0 Å². The molecule has 2 saturated carbocycles. The number of rotatable bonds is 8. The number of aliphatic hydroxyl groups is 1. The number of alkyl halides is 3. The molecule has 8 heteroatoms. The molecule has 3 fully saturated rings. The first-order chi connectivity index (χ1) is 16.7. The maximum atomic E-state index is 13.5. The minimum absolute atomic E-state index is 0.000720. The predicted molar refractivity (Wildman–Crippen MR) is 137 cm³/mol. The van der Waals surface area contributed by atoms with Crippen molar-refractivity contribution in [3.8, 4) is 0 Å². The maximum Gasteiger partial charge on any atom is 0.420 e. The van der Waals surface area contributed by atoms with Gasteiger partial charge in [0.25, 0.3) is 0 Å². The van der Waals surface area contributed by atoms with Crippen molar-refractivity contribution in [2.45, 2.75) is 96.9 Å². The summed E-state index contributed by atoms with van der Waals surface area (Å²) >= 11 is 0. The summed E-state index contributed by atoms with van der Waals surface area (Å²) in [4.78, 5) is 17.9. The molecule has 0 radical (unpaired) electrons. The van der Waals surface area contributed by atoms with E-state index in [4.69, 9.17) is 0 Å². The fourth-order valence-electron chi connectivity index (χ4n) is 5.54. The molecule has 3 atom stereocenters. The van der Waals surface area contributed by atoms with Gasteiger partial charge in [0.15, 0.2) is 5.60 Å². The molecule has 0 aromatic heterocycles. The number of nitrogens with one attached hydrogen (secondary N) is 1. The number of piperazine rings is 1. The molecule has 3 rings (SSSR count). The number of halogens is 3. The molecule has 2 aliphatic carbocycles. The van der Waals surface area contributed by atoms with Gasteiger partial charge in [-0.3, -0.25) is 4.79 Å². The van der Waals surface area contributed by atoms with Gasteiger partial charge in [0, 0.05) is 49.0 Å². The molecule has 5 nitrogen and oxygen atoms in total. The third-order valence-electron chi connectivity index (χ3n) is 9.12. The van der Waals surface area contributed by atoms with Crippen LogP contribution < -0.4 is 5.32 Å². The highest BCUT2D eigenvalue weighted by Crippen LogP contribution is 2.47. The van der Waals surface area contributed by atoms with Crippen molar-refractivity contribution in [1.29, 1.82) is 0 Å². The predicted octanol–water partition coefficient (Wildman–Crippen LogP) is 5.54. The highest BCUT2D eigenvalue weighted by atomic mass is 19.4. The van der Waals surface area contributed by atoms with Gasteiger partial charge < -0.3 is 20.2 Å². The second-order valence-electron chi connectivity index (χ2n) is 11.5. The molecule has 3 unspecified atom stereocenters. The SMILES string of the molecule is C=C(C1CCCCC1(C)C(=O)NC1(CC)CC1)N1CCN(/C(C)=C/C=C(\C)C(C)(O)C(F)(F)F)CC1. The molecule has 0 spiro atoms. The van der Waals surface area contributed by atoms with Gasteiger partial charge in [-0.25, -0.2) is 0 Å². The number of carbonyl (C=O) groups excluding carboxylic acids is 1. The Morgan fingerprint density at radius 3 is 2.19 bits per heavy atom. The Morgan fingerprint density at radius 2 is 1.67 bits per heavy atom. The summed E-state index contributed by atoms with van der Waals surface area (Å²) < 4.78 is 39.2. The number of nitrogens with zero attached hydrogens (tertiary/aromatic N) is 2. The standard InChI is InChI=1S/C28H44F3N3O2/c1-7-27(14-15-27)32-24(35)25(5)13-9-8-10-23(25)22(4)34-18-16-33(17-19-34)21(3)12-11-20(2)26(6,36)28(29,30)31/h11-12,23,36H,4,7-10,13-19H2,1-3,5-6H3,(H,32,35)/b20-11+,21-12+. The molecule has 0 aromatic rings. The van der Waals surface area contributed by atoms with Gasteiger partial charge in [-0.05, 0) is 64.5 Å². The number of carbonyl (C=O) groups is 1. The van der Waals surface area contributed by atoms with E-state index in [1.165, 1.54) is 13.0 Å². The number of hydrogen-bond donors (Lipinski definition) is 2. The summed E-state index contributed by atoms with van der Waals surface area (Å²) in [5.74, 6) is 0.277. The molecule has 1 saturated heterocycles. The molecule has 204 valence electrons. The topological polar surface area (TPSA) is 55.8 Å². The Bertz CT molecular complexity index is 896. The monoisotopic (exact) mass is 511 g/mol. The summed E-state index contributed by atoms with van der Waals surface area (Å²) in [7, 11) is 0. The first kappa shape index (κ1) is 28.6. The van der Waals surface area contributed by atoms with Crippen LogP contribution in [-0.2, 0) is 4.79 Å². The van der Waals surface area contributed by atoms with E-state index in [0.717, 1.165) is 89.4 Å². The molecule has 36 heavy (non-hydrogen) atoms. The van der Waals surface area contributed by atoms with Gasteiger partial charge in [0.1, 0.15) is 0 Å². The minimum atomic E-state index is -4.72. The second-order valence-corrected chi connectivity index (χ2v) is 11.5. The summed E-state index contributed by atoms with van der Waals surface area (Å²) in [6, 6.07) is 0. The van der Waals surface area contributed by atoms with Gasteiger partial charge in [0.05, 0.1) is 5.41 Å². The molecule has 0 bridgehead atoms. The van der Waals surface area contributed by atoms with Gasteiger partial charge in [0.2, 0.25) is 5.91 Å². The molecule has 0 aromatic carbocycles. The molecule has 1 amide bonds. The normalized spacial score (nSPS) is 29.0. The highest BCUT2D eigenvalue weighted by Gasteiger charge is 2.51. The fraction of sp³-hybridized carbons (Fsp3) is 0.750. The lowest BCUT2D eigenvalue weighted by molar-refractivity contribution is -0.236. The third-order valence-corrected chi connectivity index (χ3v) is 9.12. The van der Waals surface area contributed by atoms with Gasteiger partial charge >= 0.3 is 6.18 Å². The zero-order chi connectivity index (χ0) is 26.9. The quantitative estimate of drug-likeness (QED) is 0.421. The molecule has 3 aliphatic rings. The van der Waals surface area contributed by atoms with E-state index < -0.39 is 17.2 Å². The number of amides is 1. The molecular weight excluding hydrogens is 467 g/mol. The van der Waals surface area contributed by atoms with Crippen LogP contribution in [0, 0.1) is 11.3 Å². The average Bonchev–Trinajstić information content (AvgIpc) is 3.61. The van der Waals surface area contributed by atoms with Crippen LogP contribution in [0.1, 0.15) is 79.6 Å². The third kappa shape index (κ3) is 5.79. The van der Waals surface area contributed by atoms with Crippen molar-refractivity contribution in [3.05, 3.63) is 35.7 Å². The Balaban J connectivity index is 1.62. The van der Waals surface area contributed by atoms with Crippen LogP contribution in [-0.4, -0.2) is 64.3 Å². The van der Waals surface area contributed by atoms with E-state index in [2.05, 4.69) is 35.5 Å². The summed E-state index contributed by atoms with van der Waals surface area (Å²) in [5, 5.41) is 13.2. The van der Waals surface area contributed by atoms with Crippen LogP contribution in [0.3, 0.4) is 0 Å². The lowest BCUT2D eigenvalue weighted by atomic mass is 9.65. The van der Waals surface area contributed by atoms with E-state index in [1.54, 1.807) is 6.08 Å². The zero-order valence-corrected chi connectivity index (χ0v) is 22.6. The smallest absolute Gasteiger partial charge is 0.377 e. The molecular formula is C28H44F3N3O2. The van der Waals surface area contributed by atoms with Crippen LogP contribution in [0.4, 0.5) is 13.2 Å². The van der Waals surface area contributed by atoms with Crippen LogP contribution in [0.5, 0.6) is 0 Å². The van der Waals surface area contributed by atoms with Crippen molar-refractivity contribution in [2.75, 3.05) is 26.2 Å². The largest absolute Gasteiger partial charge is 0.420 e. The van der Waals surface area contributed by atoms with Gasteiger partial charge in [-0.2, -0.15) is 13.2 Å². The number of hydrogen-bond acceptors (Lipinski definition) is 4. The summed E-state index contributed by atoms with van der Waals surface area (Å²) in [5.41, 5.74) is -1.56. The van der Waals surface area contributed by atoms with Crippen LogP contribution >= 0.6 is 0 Å². The van der Waals surface area contributed by atoms with E-state index in [9.17, 15) is 23.1 Å². The summed E-state index contributed by atoms with van der Waals surface area (Å²) in [6.45, 7) is 15.6. The Labute approximate surface area is 214 Å². The molecule has 1 heterocycles. The van der Waals surface area contributed by atoms with Gasteiger partial charge in [-0.1, -0.05) is 39.3 Å². The van der Waals surface area contributed by atoms with E-state index in [-0.39, 0.29) is 22.9 Å². The average molecular weight is 512 g/mol. The Morgan fingerprint density at radius 1 is 1.08 bits per heavy atom. The maximum absolute atomic E-state index is 13.5. The first-order valence-corrected chi connectivity index (χ1v) is 13.3.